The monoisotopic (exact) mass is 233 g/mol. The first-order valence-electron chi connectivity index (χ1n) is 4.18. The van der Waals surface area contributed by atoms with E-state index in [-0.39, 0.29) is 32.7 Å². The van der Waals surface area contributed by atoms with Crippen LogP contribution in [0.2, 0.25) is 0 Å². The molecule has 0 rings (SSSR count). The molecule has 0 aliphatic carbocycles. The summed E-state index contributed by atoms with van der Waals surface area (Å²) in [5.74, 6) is 0. The smallest absolute Gasteiger partial charge is 0 e. The predicted molar refractivity (Wildman–Crippen MR) is 49.1 cm³/mol. The van der Waals surface area contributed by atoms with Gasteiger partial charge in [-0.05, 0) is 26.6 Å². The van der Waals surface area contributed by atoms with Crippen LogP contribution < -0.4 is 0 Å². The van der Waals surface area contributed by atoms with Crippen LogP contribution in [0, 0.1) is 6.92 Å². The summed E-state index contributed by atoms with van der Waals surface area (Å²) in [7, 11) is 4.19. The molecule has 1 nitrogen and oxygen atoms in total. The Hall–Kier alpha value is 1.06. The van der Waals surface area contributed by atoms with Crippen LogP contribution in [-0.2, 0) is 32.7 Å². The molecule has 0 amide bonds. The van der Waals surface area contributed by atoms with E-state index in [1.165, 1.54) is 6.42 Å². The Morgan fingerprint density at radius 1 is 1.27 bits per heavy atom. The first-order chi connectivity index (χ1) is 4.72. The molecule has 67 valence electrons. The first kappa shape index (κ1) is 18.0. The number of hydrogen-bond acceptors (Lipinski definition) is 1. The predicted octanol–water partition coefficient (Wildman–Crippen LogP) is 2.57. The second kappa shape index (κ2) is 13.6. The van der Waals surface area contributed by atoms with Crippen molar-refractivity contribution >= 4 is 0 Å². The molecule has 2 heteroatoms. The van der Waals surface area contributed by atoms with Gasteiger partial charge in [0.15, 0.2) is 0 Å². The van der Waals surface area contributed by atoms with E-state index in [0.717, 1.165) is 6.42 Å². The summed E-state index contributed by atoms with van der Waals surface area (Å²) in [5, 5.41) is 0. The molecular weight excluding hydrogens is 211 g/mol. The number of hydrogen-bond donors (Lipinski definition) is 0. The van der Waals surface area contributed by atoms with Gasteiger partial charge in [-0.1, -0.05) is 20.8 Å². The zero-order chi connectivity index (χ0) is 8.57. The molecule has 0 aromatic rings. The molecule has 0 aliphatic heterocycles. The fourth-order valence-corrected chi connectivity index (χ4v) is 0.827. The zero-order valence-corrected chi connectivity index (χ0v) is 11.6. The van der Waals surface area contributed by atoms with Gasteiger partial charge in [0.25, 0.3) is 0 Å². The van der Waals surface area contributed by atoms with Crippen LogP contribution in [0.3, 0.4) is 0 Å². The van der Waals surface area contributed by atoms with Crippen molar-refractivity contribution in [3.63, 3.8) is 0 Å². The molecule has 0 aromatic carbocycles. The molecule has 0 aromatic heterocycles. The molecule has 0 N–H and O–H groups in total. The summed E-state index contributed by atoms with van der Waals surface area (Å²) in [5.41, 5.74) is 0. The molecule has 0 aliphatic rings. The summed E-state index contributed by atoms with van der Waals surface area (Å²) in [6.45, 7) is 10.0. The Labute approximate surface area is 97.8 Å². The standard InChI is InChI=1S/C7H16N.C2H6.Y/c1-5-7(6-2)8(3)4;1-2;/h7H,1,5-6H2,2-4H3;1-2H3;/q-1;;. The fraction of sp³-hybridized carbons (Fsp3) is 0.889. The summed E-state index contributed by atoms with van der Waals surface area (Å²) in [6.07, 6.45) is 2.22. The average molecular weight is 233 g/mol. The summed E-state index contributed by atoms with van der Waals surface area (Å²) in [6, 6.07) is 0.676. The molecule has 0 spiro atoms. The molecule has 11 heavy (non-hydrogen) atoms. The molecule has 0 bridgehead atoms. The topological polar surface area (TPSA) is 3.24 Å². The number of nitrogens with zero attached hydrogens (tertiary/aromatic N) is 1. The average Bonchev–Trinajstić information content (AvgIpc) is 1.94. The second-order valence-corrected chi connectivity index (χ2v) is 2.31. The van der Waals surface area contributed by atoms with Crippen LogP contribution in [0.5, 0.6) is 0 Å². The molecule has 1 radical (unpaired) electrons. The second-order valence-electron chi connectivity index (χ2n) is 2.31. The first-order valence-corrected chi connectivity index (χ1v) is 4.18. The van der Waals surface area contributed by atoms with Gasteiger partial charge >= 0.3 is 0 Å². The third-order valence-corrected chi connectivity index (χ3v) is 1.53. The maximum absolute atomic E-state index is 3.84. The molecule has 0 fully saturated rings. The van der Waals surface area contributed by atoms with Crippen molar-refractivity contribution in [3.05, 3.63) is 6.92 Å². The van der Waals surface area contributed by atoms with Crippen molar-refractivity contribution in [3.8, 4) is 0 Å². The SMILES string of the molecule is CC.[CH2-]CC(CC)N(C)C.[Y]. The van der Waals surface area contributed by atoms with Crippen molar-refractivity contribution in [2.45, 2.75) is 39.7 Å². The normalized spacial score (nSPS) is 11.2. The van der Waals surface area contributed by atoms with Gasteiger partial charge in [0.1, 0.15) is 0 Å². The van der Waals surface area contributed by atoms with Crippen molar-refractivity contribution in [1.82, 2.24) is 4.90 Å². The summed E-state index contributed by atoms with van der Waals surface area (Å²) >= 11 is 0. The molecule has 1 atom stereocenters. The van der Waals surface area contributed by atoms with E-state index in [9.17, 15) is 0 Å². The van der Waals surface area contributed by atoms with Crippen molar-refractivity contribution in [2.75, 3.05) is 14.1 Å². The maximum Gasteiger partial charge on any atom is 0 e. The zero-order valence-electron chi connectivity index (χ0n) is 8.72. The van der Waals surface area contributed by atoms with Gasteiger partial charge in [-0.2, -0.15) is 6.42 Å². The fourth-order valence-electron chi connectivity index (χ4n) is 0.827. The minimum Gasteiger partial charge on any atom is -0.342 e. The van der Waals surface area contributed by atoms with E-state index in [1.54, 1.807) is 0 Å². The van der Waals surface area contributed by atoms with Gasteiger partial charge in [0, 0.05) is 32.7 Å². The van der Waals surface area contributed by atoms with Crippen LogP contribution in [-0.4, -0.2) is 25.0 Å². The largest absolute Gasteiger partial charge is 0.342 e. The van der Waals surface area contributed by atoms with Crippen LogP contribution in [0.4, 0.5) is 0 Å². The maximum atomic E-state index is 3.84. The van der Waals surface area contributed by atoms with Crippen molar-refractivity contribution in [1.29, 1.82) is 0 Å². The van der Waals surface area contributed by atoms with E-state index >= 15 is 0 Å². The van der Waals surface area contributed by atoms with Gasteiger partial charge in [0.2, 0.25) is 0 Å². The van der Waals surface area contributed by atoms with Gasteiger partial charge in [-0.15, -0.1) is 0 Å². The Morgan fingerprint density at radius 3 is 1.64 bits per heavy atom. The summed E-state index contributed by atoms with van der Waals surface area (Å²) in [4.78, 5) is 2.22. The molecule has 0 heterocycles. The van der Waals surface area contributed by atoms with Crippen molar-refractivity contribution < 1.29 is 32.7 Å². The van der Waals surface area contributed by atoms with Crippen LogP contribution in [0.25, 0.3) is 0 Å². The number of rotatable bonds is 3. The molecular formula is C9H22NY-. The Balaban J connectivity index is -0.000000196. The molecule has 0 saturated heterocycles. The van der Waals surface area contributed by atoms with Crippen LogP contribution >= 0.6 is 0 Å². The Bertz CT molecular complexity index is 51.5. The Morgan fingerprint density at radius 2 is 1.64 bits per heavy atom. The van der Waals surface area contributed by atoms with E-state index in [2.05, 4.69) is 32.8 Å². The third kappa shape index (κ3) is 11.1. The summed E-state index contributed by atoms with van der Waals surface area (Å²) < 4.78 is 0. The van der Waals surface area contributed by atoms with Gasteiger partial charge in [0.05, 0.1) is 0 Å². The quantitative estimate of drug-likeness (QED) is 0.677. The Kier molecular flexibility index (Phi) is 22.3. The van der Waals surface area contributed by atoms with E-state index in [0.29, 0.717) is 6.04 Å². The third-order valence-electron chi connectivity index (χ3n) is 1.53. The minimum atomic E-state index is 0. The molecule has 0 saturated carbocycles. The molecule has 1 unspecified atom stereocenters. The van der Waals surface area contributed by atoms with Crippen molar-refractivity contribution in [2.24, 2.45) is 0 Å². The van der Waals surface area contributed by atoms with E-state index in [4.69, 9.17) is 0 Å². The van der Waals surface area contributed by atoms with E-state index < -0.39 is 0 Å². The minimum absolute atomic E-state index is 0. The van der Waals surface area contributed by atoms with Gasteiger partial charge in [-0.25, -0.2) is 0 Å². The van der Waals surface area contributed by atoms with Crippen LogP contribution in [0.15, 0.2) is 0 Å². The van der Waals surface area contributed by atoms with Gasteiger partial charge in [-0.3, -0.25) is 0 Å². The van der Waals surface area contributed by atoms with Gasteiger partial charge < -0.3 is 11.8 Å². The van der Waals surface area contributed by atoms with Crippen LogP contribution in [0.1, 0.15) is 33.6 Å². The van der Waals surface area contributed by atoms with E-state index in [1.807, 2.05) is 13.8 Å².